The summed E-state index contributed by atoms with van der Waals surface area (Å²) in [5.41, 5.74) is 5.56. The first-order valence-electron chi connectivity index (χ1n) is 4.95. The van der Waals surface area contributed by atoms with Crippen molar-refractivity contribution in [3.63, 3.8) is 0 Å². The minimum atomic E-state index is -0.284. The van der Waals surface area contributed by atoms with Crippen molar-refractivity contribution >= 4 is 6.09 Å². The minimum absolute atomic E-state index is 0.284. The molecule has 0 spiro atoms. The van der Waals surface area contributed by atoms with E-state index in [0.29, 0.717) is 18.2 Å². The van der Waals surface area contributed by atoms with Crippen LogP contribution < -0.4 is 5.73 Å². The number of hydrogen-bond donors (Lipinski definition) is 1. The lowest BCUT2D eigenvalue weighted by molar-refractivity contribution is 0.111. The van der Waals surface area contributed by atoms with Crippen LogP contribution in [-0.2, 0) is 4.74 Å². The number of carbonyl (C=O) groups excluding carboxylic acids is 1. The highest BCUT2D eigenvalue weighted by Gasteiger charge is 2.22. The van der Waals surface area contributed by atoms with Gasteiger partial charge < -0.3 is 15.4 Å². The van der Waals surface area contributed by atoms with Gasteiger partial charge in [0.05, 0.1) is 5.76 Å². The molecule has 0 bridgehead atoms. The maximum absolute atomic E-state index is 11.4. The number of ether oxygens (including phenoxy) is 1. The van der Waals surface area contributed by atoms with E-state index in [0.717, 1.165) is 25.9 Å². The highest BCUT2D eigenvalue weighted by molar-refractivity contribution is 5.68. The second-order valence-electron chi connectivity index (χ2n) is 3.74. The number of nitrogens with zero attached hydrogens (tertiary/aromatic N) is 1. The van der Waals surface area contributed by atoms with Crippen molar-refractivity contribution in [2.45, 2.75) is 19.8 Å². The molecule has 1 aliphatic heterocycles. The number of likely N-dealkylation sites (tertiary alicyclic amines) is 1. The second-order valence-corrected chi connectivity index (χ2v) is 3.74. The number of amides is 1. The van der Waals surface area contributed by atoms with Crippen LogP contribution >= 0.6 is 0 Å². The maximum Gasteiger partial charge on any atom is 0.414 e. The molecule has 0 radical (unpaired) electrons. The zero-order chi connectivity index (χ0) is 10.6. The first-order valence-corrected chi connectivity index (χ1v) is 4.95. The molecule has 0 aromatic rings. The van der Waals surface area contributed by atoms with Gasteiger partial charge in [0.15, 0.2) is 0 Å². The summed E-state index contributed by atoms with van der Waals surface area (Å²) < 4.78 is 4.92. The van der Waals surface area contributed by atoms with E-state index in [4.69, 9.17) is 10.5 Å². The Morgan fingerprint density at radius 3 is 2.57 bits per heavy atom. The Morgan fingerprint density at radius 1 is 1.57 bits per heavy atom. The van der Waals surface area contributed by atoms with Gasteiger partial charge in [0, 0.05) is 13.1 Å². The lowest BCUT2D eigenvalue weighted by Gasteiger charge is -2.30. The van der Waals surface area contributed by atoms with Crippen LogP contribution in [0.1, 0.15) is 19.8 Å². The number of carbonyl (C=O) groups is 1. The average molecular weight is 198 g/mol. The molecule has 1 rings (SSSR count). The lowest BCUT2D eigenvalue weighted by atomic mass is 9.97. The topological polar surface area (TPSA) is 55.6 Å². The number of hydrogen-bond acceptors (Lipinski definition) is 3. The lowest BCUT2D eigenvalue weighted by Crippen LogP contribution is -2.40. The largest absolute Gasteiger partial charge is 0.416 e. The minimum Gasteiger partial charge on any atom is -0.416 e. The highest BCUT2D eigenvalue weighted by atomic mass is 16.6. The first kappa shape index (κ1) is 11.0. The Labute approximate surface area is 84.7 Å². The summed E-state index contributed by atoms with van der Waals surface area (Å²) in [6, 6.07) is 0. The van der Waals surface area contributed by atoms with E-state index in [2.05, 4.69) is 6.58 Å². The Morgan fingerprint density at radius 2 is 2.14 bits per heavy atom. The molecule has 4 nitrogen and oxygen atoms in total. The summed E-state index contributed by atoms with van der Waals surface area (Å²) in [5, 5.41) is 0. The van der Waals surface area contributed by atoms with E-state index in [9.17, 15) is 4.79 Å². The van der Waals surface area contributed by atoms with Crippen molar-refractivity contribution in [3.05, 3.63) is 12.3 Å². The summed E-state index contributed by atoms with van der Waals surface area (Å²) in [5.74, 6) is 1.000. The molecule has 0 atom stereocenters. The third-order valence-corrected chi connectivity index (χ3v) is 2.47. The van der Waals surface area contributed by atoms with Crippen LogP contribution in [0.5, 0.6) is 0 Å². The van der Waals surface area contributed by atoms with Crippen molar-refractivity contribution in [2.24, 2.45) is 11.7 Å². The molecule has 80 valence electrons. The van der Waals surface area contributed by atoms with Gasteiger partial charge in [-0.2, -0.15) is 0 Å². The van der Waals surface area contributed by atoms with Crippen molar-refractivity contribution in [3.8, 4) is 0 Å². The molecule has 2 N–H and O–H groups in total. The van der Waals surface area contributed by atoms with Gasteiger partial charge in [-0.25, -0.2) is 4.79 Å². The van der Waals surface area contributed by atoms with E-state index in [-0.39, 0.29) is 6.09 Å². The molecule has 0 aliphatic carbocycles. The molecular weight excluding hydrogens is 180 g/mol. The van der Waals surface area contributed by atoms with Gasteiger partial charge in [-0.1, -0.05) is 6.58 Å². The summed E-state index contributed by atoms with van der Waals surface area (Å²) in [7, 11) is 0. The van der Waals surface area contributed by atoms with Crippen LogP contribution in [0.3, 0.4) is 0 Å². The Kier molecular flexibility index (Phi) is 3.95. The van der Waals surface area contributed by atoms with Crippen LogP contribution in [-0.4, -0.2) is 30.6 Å². The first-order chi connectivity index (χ1) is 6.63. The van der Waals surface area contributed by atoms with Crippen molar-refractivity contribution in [2.75, 3.05) is 19.6 Å². The monoisotopic (exact) mass is 198 g/mol. The molecule has 1 heterocycles. The van der Waals surface area contributed by atoms with Gasteiger partial charge in [0.2, 0.25) is 0 Å². The predicted molar refractivity (Wildman–Crippen MR) is 54.6 cm³/mol. The third kappa shape index (κ3) is 3.03. The quantitative estimate of drug-likeness (QED) is 0.681. The van der Waals surface area contributed by atoms with E-state index >= 15 is 0 Å². The number of rotatable bonds is 2. The molecule has 14 heavy (non-hydrogen) atoms. The van der Waals surface area contributed by atoms with Gasteiger partial charge in [0.1, 0.15) is 0 Å². The van der Waals surface area contributed by atoms with Crippen LogP contribution in [0, 0.1) is 5.92 Å². The van der Waals surface area contributed by atoms with Gasteiger partial charge in [0.25, 0.3) is 0 Å². The van der Waals surface area contributed by atoms with Crippen LogP contribution in [0.15, 0.2) is 12.3 Å². The van der Waals surface area contributed by atoms with Crippen LogP contribution in [0.25, 0.3) is 0 Å². The highest BCUT2D eigenvalue weighted by Crippen LogP contribution is 2.16. The molecule has 1 amide bonds. The Balaban J connectivity index is 2.34. The molecule has 0 aromatic carbocycles. The molecule has 4 heteroatoms. The van der Waals surface area contributed by atoms with Gasteiger partial charge >= 0.3 is 6.09 Å². The molecule has 0 aromatic heterocycles. The zero-order valence-corrected chi connectivity index (χ0v) is 8.66. The van der Waals surface area contributed by atoms with Gasteiger partial charge in [-0.15, -0.1) is 0 Å². The Bertz CT molecular complexity index is 220. The SMILES string of the molecule is C=C(C)OC(=O)N1CCC(CN)CC1. The summed E-state index contributed by atoms with van der Waals surface area (Å²) in [6.45, 7) is 7.40. The van der Waals surface area contributed by atoms with Gasteiger partial charge in [-0.3, -0.25) is 0 Å². The number of allylic oxidation sites excluding steroid dienone is 1. The molecule has 0 unspecified atom stereocenters. The average Bonchev–Trinajstić information content (AvgIpc) is 2.17. The summed E-state index contributed by atoms with van der Waals surface area (Å²) >= 11 is 0. The van der Waals surface area contributed by atoms with Crippen molar-refractivity contribution < 1.29 is 9.53 Å². The second kappa shape index (κ2) is 5.00. The van der Waals surface area contributed by atoms with E-state index in [1.807, 2.05) is 0 Å². The van der Waals surface area contributed by atoms with E-state index < -0.39 is 0 Å². The predicted octanol–water partition coefficient (Wildman–Crippen LogP) is 1.33. The van der Waals surface area contributed by atoms with E-state index in [1.54, 1.807) is 11.8 Å². The van der Waals surface area contributed by atoms with E-state index in [1.165, 1.54) is 0 Å². The standard InChI is InChI=1S/C10H18N2O2/c1-8(2)14-10(13)12-5-3-9(7-11)4-6-12/h9H,1,3-7,11H2,2H3. The third-order valence-electron chi connectivity index (χ3n) is 2.47. The van der Waals surface area contributed by atoms with Gasteiger partial charge in [-0.05, 0) is 32.2 Å². The fourth-order valence-electron chi connectivity index (χ4n) is 1.56. The maximum atomic E-state index is 11.4. The molecule has 1 fully saturated rings. The number of nitrogens with two attached hydrogens (primary N) is 1. The zero-order valence-electron chi connectivity index (χ0n) is 8.66. The van der Waals surface area contributed by atoms with Crippen molar-refractivity contribution in [1.29, 1.82) is 0 Å². The van der Waals surface area contributed by atoms with Crippen LogP contribution in [0.2, 0.25) is 0 Å². The molecular formula is C10H18N2O2. The summed E-state index contributed by atoms with van der Waals surface area (Å²) in [4.78, 5) is 13.1. The smallest absolute Gasteiger partial charge is 0.414 e. The molecule has 0 saturated carbocycles. The Hall–Kier alpha value is -1.03. The fourth-order valence-corrected chi connectivity index (χ4v) is 1.56. The van der Waals surface area contributed by atoms with Crippen molar-refractivity contribution in [1.82, 2.24) is 4.90 Å². The molecule has 1 aliphatic rings. The summed E-state index contributed by atoms with van der Waals surface area (Å²) in [6.07, 6.45) is 1.66. The van der Waals surface area contributed by atoms with Crippen LogP contribution in [0.4, 0.5) is 4.79 Å². The molecule has 1 saturated heterocycles. The fraction of sp³-hybridized carbons (Fsp3) is 0.700. The normalized spacial score (nSPS) is 18.0. The number of piperidine rings is 1.